The number of carbonyl (C=O) groups is 1. The molecule has 0 aromatic heterocycles. The summed E-state index contributed by atoms with van der Waals surface area (Å²) in [6.45, 7) is 13.7. The second-order valence-corrected chi connectivity index (χ2v) is 7.30. The molecule has 1 aliphatic heterocycles. The van der Waals surface area contributed by atoms with Crippen LogP contribution in [0.5, 0.6) is 0 Å². The highest BCUT2D eigenvalue weighted by Crippen LogP contribution is 2.24. The first kappa shape index (κ1) is 19.5. The third-order valence-electron chi connectivity index (χ3n) is 4.47. The van der Waals surface area contributed by atoms with Crippen LogP contribution in [0, 0.1) is 0 Å². The number of allylic oxidation sites excluding steroid dienone is 1. The lowest BCUT2D eigenvalue weighted by molar-refractivity contribution is -0.257. The average molecular weight is 346 g/mol. The Hall–Kier alpha value is -1.85. The van der Waals surface area contributed by atoms with Crippen molar-refractivity contribution in [1.29, 1.82) is 0 Å². The zero-order chi connectivity index (χ0) is 18.5. The second kappa shape index (κ2) is 8.02. The van der Waals surface area contributed by atoms with Gasteiger partial charge in [-0.3, -0.25) is 0 Å². The molecule has 0 atom stereocenters. The fourth-order valence-corrected chi connectivity index (χ4v) is 2.80. The molecule has 2 rings (SSSR count). The van der Waals surface area contributed by atoms with E-state index in [0.29, 0.717) is 26.2 Å². The van der Waals surface area contributed by atoms with E-state index in [-0.39, 0.29) is 6.03 Å². The van der Waals surface area contributed by atoms with Gasteiger partial charge in [-0.2, -0.15) is 0 Å². The van der Waals surface area contributed by atoms with Gasteiger partial charge >= 0.3 is 6.03 Å². The zero-order valence-electron chi connectivity index (χ0n) is 15.8. The van der Waals surface area contributed by atoms with Crippen LogP contribution in [0.1, 0.15) is 51.7 Å². The molecule has 1 saturated heterocycles. The van der Waals surface area contributed by atoms with Crippen molar-refractivity contribution in [2.24, 2.45) is 0 Å². The van der Waals surface area contributed by atoms with Gasteiger partial charge < -0.3 is 20.1 Å². The molecule has 0 unspecified atom stereocenters. The number of hydrogen-bond donors (Lipinski definition) is 2. The van der Waals surface area contributed by atoms with E-state index < -0.39 is 11.3 Å². The van der Waals surface area contributed by atoms with Crippen molar-refractivity contribution in [3.8, 4) is 0 Å². The maximum atomic E-state index is 12.3. The Morgan fingerprint density at radius 3 is 2.64 bits per heavy atom. The smallest absolute Gasteiger partial charge is 0.315 e. The Kier molecular flexibility index (Phi) is 6.25. The summed E-state index contributed by atoms with van der Waals surface area (Å²) < 4.78 is 11.3. The third-order valence-corrected chi connectivity index (χ3v) is 4.47. The molecular weight excluding hydrogens is 316 g/mol. The van der Waals surface area contributed by atoms with Crippen LogP contribution in [0.25, 0.3) is 5.57 Å². The van der Waals surface area contributed by atoms with Gasteiger partial charge in [-0.1, -0.05) is 30.4 Å². The minimum Gasteiger partial charge on any atom is -0.350 e. The van der Waals surface area contributed by atoms with E-state index in [1.807, 2.05) is 45.9 Å². The third kappa shape index (κ3) is 5.58. The molecule has 1 aromatic carbocycles. The molecule has 1 heterocycles. The van der Waals surface area contributed by atoms with Crippen molar-refractivity contribution in [1.82, 2.24) is 10.6 Å². The Morgan fingerprint density at radius 2 is 2.00 bits per heavy atom. The number of hydrogen-bond acceptors (Lipinski definition) is 3. The van der Waals surface area contributed by atoms with Crippen LogP contribution in [0.2, 0.25) is 0 Å². The average Bonchev–Trinajstić information content (AvgIpc) is 2.55. The van der Waals surface area contributed by atoms with Gasteiger partial charge in [0.15, 0.2) is 5.79 Å². The van der Waals surface area contributed by atoms with Crippen molar-refractivity contribution in [3.05, 3.63) is 42.0 Å². The first-order valence-electron chi connectivity index (χ1n) is 8.82. The predicted molar refractivity (Wildman–Crippen MR) is 100 cm³/mol. The molecule has 25 heavy (non-hydrogen) atoms. The van der Waals surface area contributed by atoms with Crippen LogP contribution in [-0.4, -0.2) is 31.6 Å². The number of amides is 2. The van der Waals surface area contributed by atoms with Gasteiger partial charge in [0.25, 0.3) is 0 Å². The van der Waals surface area contributed by atoms with Gasteiger partial charge in [0.2, 0.25) is 0 Å². The second-order valence-electron chi connectivity index (χ2n) is 7.30. The molecule has 1 fully saturated rings. The lowest BCUT2D eigenvalue weighted by atomic mass is 9.92. The van der Waals surface area contributed by atoms with Crippen molar-refractivity contribution in [2.45, 2.75) is 51.9 Å². The quantitative estimate of drug-likeness (QED) is 0.824. The van der Waals surface area contributed by atoms with Crippen LogP contribution in [0.15, 0.2) is 30.8 Å². The summed E-state index contributed by atoms with van der Waals surface area (Å²) in [5.74, 6) is -0.600. The van der Waals surface area contributed by atoms with Crippen LogP contribution >= 0.6 is 0 Å². The fraction of sp³-hybridized carbons (Fsp3) is 0.550. The summed E-state index contributed by atoms with van der Waals surface area (Å²) in [5, 5.41) is 5.92. The van der Waals surface area contributed by atoms with Gasteiger partial charge in [0.05, 0.1) is 18.8 Å². The van der Waals surface area contributed by atoms with E-state index in [2.05, 4.69) is 23.3 Å². The molecule has 0 bridgehead atoms. The summed E-state index contributed by atoms with van der Waals surface area (Å²) in [4.78, 5) is 12.3. The number of rotatable bonds is 6. The lowest BCUT2D eigenvalue weighted by Gasteiger charge is -2.34. The molecule has 2 N–H and O–H groups in total. The molecule has 1 aromatic rings. The Balaban J connectivity index is 1.88. The number of benzene rings is 1. The summed E-state index contributed by atoms with van der Waals surface area (Å²) in [7, 11) is 0. The molecule has 2 amide bonds. The SMILES string of the molecule is C=C(C)c1cccc(C(C)(C)NC(=O)NCCC2(C)OCCCO2)c1. The van der Waals surface area contributed by atoms with E-state index in [0.717, 1.165) is 23.1 Å². The number of nitrogens with one attached hydrogen (secondary N) is 2. The lowest BCUT2D eigenvalue weighted by Crippen LogP contribution is -2.48. The molecule has 5 nitrogen and oxygen atoms in total. The van der Waals surface area contributed by atoms with E-state index in [4.69, 9.17) is 9.47 Å². The summed E-state index contributed by atoms with van der Waals surface area (Å²) in [5.41, 5.74) is 2.63. The fourth-order valence-electron chi connectivity index (χ4n) is 2.80. The van der Waals surface area contributed by atoms with Crippen LogP contribution in [0.3, 0.4) is 0 Å². The molecule has 138 valence electrons. The minimum atomic E-state index is -0.600. The minimum absolute atomic E-state index is 0.204. The van der Waals surface area contributed by atoms with E-state index in [1.165, 1.54) is 0 Å². The first-order chi connectivity index (χ1) is 11.7. The maximum absolute atomic E-state index is 12.3. The van der Waals surface area contributed by atoms with Crippen LogP contribution < -0.4 is 10.6 Å². The summed E-state index contributed by atoms with van der Waals surface area (Å²) in [6, 6.07) is 7.88. The van der Waals surface area contributed by atoms with Gasteiger partial charge in [0, 0.05) is 13.0 Å². The van der Waals surface area contributed by atoms with Crippen LogP contribution in [0.4, 0.5) is 4.79 Å². The van der Waals surface area contributed by atoms with Crippen molar-refractivity contribution < 1.29 is 14.3 Å². The maximum Gasteiger partial charge on any atom is 0.315 e. The van der Waals surface area contributed by atoms with Gasteiger partial charge in [0.1, 0.15) is 0 Å². The highest BCUT2D eigenvalue weighted by atomic mass is 16.7. The molecule has 5 heteroatoms. The highest BCUT2D eigenvalue weighted by molar-refractivity contribution is 5.75. The monoisotopic (exact) mass is 346 g/mol. The van der Waals surface area contributed by atoms with Gasteiger partial charge in [-0.25, -0.2) is 4.79 Å². The van der Waals surface area contributed by atoms with Crippen molar-refractivity contribution in [2.75, 3.05) is 19.8 Å². The molecular formula is C20H30N2O3. The topological polar surface area (TPSA) is 59.6 Å². The molecule has 0 saturated carbocycles. The molecule has 0 aliphatic carbocycles. The van der Waals surface area contributed by atoms with Gasteiger partial charge in [-0.05, 0) is 51.3 Å². The molecule has 1 aliphatic rings. The normalized spacial score (nSPS) is 17.0. The van der Waals surface area contributed by atoms with Crippen LogP contribution in [-0.2, 0) is 15.0 Å². The number of carbonyl (C=O) groups excluding carboxylic acids is 1. The first-order valence-corrected chi connectivity index (χ1v) is 8.82. The predicted octanol–water partition coefficient (Wildman–Crippen LogP) is 3.80. The standard InChI is InChI=1S/C20H30N2O3/c1-15(2)16-8-6-9-17(14-16)19(3,4)22-18(23)21-11-10-20(5)24-12-7-13-25-20/h6,8-9,14H,1,7,10-13H2,2-5H3,(H2,21,22,23). The van der Waals surface area contributed by atoms with Crippen molar-refractivity contribution in [3.63, 3.8) is 0 Å². The Bertz CT molecular complexity index is 619. The molecule has 0 spiro atoms. The van der Waals surface area contributed by atoms with Crippen molar-refractivity contribution >= 4 is 11.6 Å². The van der Waals surface area contributed by atoms with E-state index in [9.17, 15) is 4.79 Å². The van der Waals surface area contributed by atoms with Gasteiger partial charge in [-0.15, -0.1) is 0 Å². The highest BCUT2D eigenvalue weighted by Gasteiger charge is 2.29. The Labute approximate surface area is 150 Å². The van der Waals surface area contributed by atoms with E-state index in [1.54, 1.807) is 0 Å². The Morgan fingerprint density at radius 1 is 1.32 bits per heavy atom. The molecule has 0 radical (unpaired) electrons. The largest absolute Gasteiger partial charge is 0.350 e. The number of urea groups is 1. The van der Waals surface area contributed by atoms with E-state index >= 15 is 0 Å². The zero-order valence-corrected chi connectivity index (χ0v) is 15.8. The summed E-state index contributed by atoms with van der Waals surface area (Å²) >= 11 is 0. The number of ether oxygens (including phenoxy) is 2. The summed E-state index contributed by atoms with van der Waals surface area (Å²) in [6.07, 6.45) is 1.53.